The van der Waals surface area contributed by atoms with E-state index in [1.165, 1.54) is 6.92 Å². The highest BCUT2D eigenvalue weighted by molar-refractivity contribution is 6.28. The van der Waals surface area contributed by atoms with Crippen molar-refractivity contribution in [1.29, 1.82) is 0 Å². The standard InChI is InChI=1S/C18H18BFN4O4/c1-8(2)15(26)22-12-7-10(20)6-11-14(12)16(27)24(9(3)21-11)18(19)5-4-13(25)23-17(18)28/h6-8H,4-5H2,1-3H3,(H,22,26)(H,23,25,28). The highest BCUT2D eigenvalue weighted by Gasteiger charge is 2.41. The normalized spacial score (nSPS) is 19.8. The molecule has 2 aromatic rings. The number of benzene rings is 1. The van der Waals surface area contributed by atoms with E-state index in [0.29, 0.717) is 0 Å². The maximum Gasteiger partial charge on any atom is 0.263 e. The van der Waals surface area contributed by atoms with Gasteiger partial charge in [-0.25, -0.2) is 9.37 Å². The fourth-order valence-corrected chi connectivity index (χ4v) is 3.16. The van der Waals surface area contributed by atoms with Crippen LogP contribution in [0.1, 0.15) is 32.5 Å². The van der Waals surface area contributed by atoms with Gasteiger partial charge in [-0.2, -0.15) is 0 Å². The number of rotatable bonds is 3. The molecular formula is C18H18BFN4O4. The first kappa shape index (κ1) is 19.7. The Labute approximate surface area is 160 Å². The van der Waals surface area contributed by atoms with Crippen LogP contribution >= 0.6 is 0 Å². The van der Waals surface area contributed by atoms with E-state index in [1.807, 2.05) is 0 Å². The van der Waals surface area contributed by atoms with Gasteiger partial charge in [0, 0.05) is 18.4 Å². The zero-order valence-corrected chi connectivity index (χ0v) is 15.6. The lowest BCUT2D eigenvalue weighted by molar-refractivity contribution is -0.137. The third-order valence-corrected chi connectivity index (χ3v) is 4.67. The summed E-state index contributed by atoms with van der Waals surface area (Å²) in [5.74, 6) is -2.74. The summed E-state index contributed by atoms with van der Waals surface area (Å²) in [5, 5.41) is 4.57. The number of halogens is 1. The Hall–Kier alpha value is -3.04. The Morgan fingerprint density at radius 3 is 2.64 bits per heavy atom. The summed E-state index contributed by atoms with van der Waals surface area (Å²) in [7, 11) is 6.21. The molecule has 0 saturated carbocycles. The van der Waals surface area contributed by atoms with Crippen LogP contribution in [-0.4, -0.2) is 35.1 Å². The van der Waals surface area contributed by atoms with Crippen LogP contribution in [0, 0.1) is 18.7 Å². The summed E-state index contributed by atoms with van der Waals surface area (Å²) >= 11 is 0. The molecule has 1 aromatic heterocycles. The van der Waals surface area contributed by atoms with Gasteiger partial charge in [0.2, 0.25) is 17.7 Å². The number of aryl methyl sites for hydroxylation is 1. The van der Waals surface area contributed by atoms with E-state index in [0.717, 1.165) is 16.7 Å². The number of carbonyl (C=O) groups is 3. The van der Waals surface area contributed by atoms with E-state index in [1.54, 1.807) is 13.8 Å². The fourth-order valence-electron chi connectivity index (χ4n) is 3.16. The average molecular weight is 384 g/mol. The number of nitrogens with one attached hydrogen (secondary N) is 2. The van der Waals surface area contributed by atoms with Gasteiger partial charge >= 0.3 is 0 Å². The maximum atomic E-state index is 14.0. The first-order valence-electron chi connectivity index (χ1n) is 8.72. The summed E-state index contributed by atoms with van der Waals surface area (Å²) < 4.78 is 15.0. The van der Waals surface area contributed by atoms with Crippen LogP contribution in [0.3, 0.4) is 0 Å². The van der Waals surface area contributed by atoms with Crippen LogP contribution in [0.4, 0.5) is 10.1 Å². The first-order valence-corrected chi connectivity index (χ1v) is 8.72. The molecule has 10 heteroatoms. The number of aromatic nitrogens is 2. The van der Waals surface area contributed by atoms with E-state index >= 15 is 0 Å². The number of anilines is 1. The Morgan fingerprint density at radius 1 is 1.36 bits per heavy atom. The van der Waals surface area contributed by atoms with Crippen LogP contribution in [0.2, 0.25) is 0 Å². The minimum absolute atomic E-state index is 0.0219. The van der Waals surface area contributed by atoms with Gasteiger partial charge in [-0.1, -0.05) is 13.8 Å². The van der Waals surface area contributed by atoms with Gasteiger partial charge < -0.3 is 5.32 Å². The maximum absolute atomic E-state index is 14.0. The fraction of sp³-hybridized carbons (Fsp3) is 0.389. The molecule has 1 unspecified atom stereocenters. The molecule has 1 aliphatic heterocycles. The number of hydrogen-bond donors (Lipinski definition) is 2. The average Bonchev–Trinajstić information content (AvgIpc) is 2.57. The van der Waals surface area contributed by atoms with Gasteiger partial charge in [0.05, 0.1) is 22.0 Å². The largest absolute Gasteiger partial charge is 0.325 e. The lowest BCUT2D eigenvalue weighted by Crippen LogP contribution is -2.58. The molecular weight excluding hydrogens is 366 g/mol. The number of nitrogens with zero attached hydrogens (tertiary/aromatic N) is 2. The molecule has 1 aromatic carbocycles. The summed E-state index contributed by atoms with van der Waals surface area (Å²) in [5.41, 5.74) is -2.58. The Morgan fingerprint density at radius 2 is 2.04 bits per heavy atom. The number of piperidine rings is 1. The minimum Gasteiger partial charge on any atom is -0.325 e. The molecule has 1 atom stereocenters. The van der Waals surface area contributed by atoms with Crippen molar-refractivity contribution in [3.05, 3.63) is 34.1 Å². The number of hydrogen-bond acceptors (Lipinski definition) is 5. The second-order valence-corrected chi connectivity index (χ2v) is 7.09. The molecule has 2 N–H and O–H groups in total. The van der Waals surface area contributed by atoms with Gasteiger partial charge in [-0.05, 0) is 19.4 Å². The van der Waals surface area contributed by atoms with Gasteiger partial charge in [0.15, 0.2) is 0 Å². The number of fused-ring (bicyclic) bond motifs is 1. The van der Waals surface area contributed by atoms with Gasteiger partial charge in [0.25, 0.3) is 5.56 Å². The minimum atomic E-state index is -1.83. The Kier molecular flexibility index (Phi) is 4.82. The Bertz CT molecular complexity index is 1080. The monoisotopic (exact) mass is 384 g/mol. The van der Waals surface area contributed by atoms with Crippen LogP contribution in [0.25, 0.3) is 10.9 Å². The molecule has 1 aliphatic rings. The Balaban J connectivity index is 2.28. The SMILES string of the molecule is [B]C1(n2c(C)nc3cc(F)cc(NC(=O)C(C)C)c3c2=O)CCC(=O)NC1=O. The predicted molar refractivity (Wildman–Crippen MR) is 100 cm³/mol. The van der Waals surface area contributed by atoms with Gasteiger partial charge in [-0.15, -0.1) is 0 Å². The van der Waals surface area contributed by atoms with Gasteiger partial charge in [-0.3, -0.25) is 29.1 Å². The first-order chi connectivity index (χ1) is 13.0. The van der Waals surface area contributed by atoms with E-state index in [4.69, 9.17) is 7.85 Å². The highest BCUT2D eigenvalue weighted by Crippen LogP contribution is 2.27. The van der Waals surface area contributed by atoms with Crippen molar-refractivity contribution in [3.8, 4) is 0 Å². The van der Waals surface area contributed by atoms with E-state index in [2.05, 4.69) is 15.6 Å². The molecule has 0 spiro atoms. The molecule has 0 aliphatic carbocycles. The van der Waals surface area contributed by atoms with Crippen LogP contribution in [0.5, 0.6) is 0 Å². The second-order valence-electron chi connectivity index (χ2n) is 7.09. The van der Waals surface area contributed by atoms with Crippen LogP contribution < -0.4 is 16.2 Å². The topological polar surface area (TPSA) is 110 Å². The summed E-state index contributed by atoms with van der Waals surface area (Å²) in [4.78, 5) is 53.4. The predicted octanol–water partition coefficient (Wildman–Crippen LogP) is 0.696. The van der Waals surface area contributed by atoms with E-state index < -0.39 is 40.5 Å². The van der Waals surface area contributed by atoms with Crippen LogP contribution in [0.15, 0.2) is 16.9 Å². The molecule has 8 nitrogen and oxygen atoms in total. The molecule has 1 fully saturated rings. The third kappa shape index (κ3) is 3.19. The summed E-state index contributed by atoms with van der Waals surface area (Å²) in [6.07, 6.45) is -0.146. The van der Waals surface area contributed by atoms with Crippen molar-refractivity contribution in [3.63, 3.8) is 0 Å². The summed E-state index contributed by atoms with van der Waals surface area (Å²) in [6.45, 7) is 4.75. The zero-order chi connectivity index (χ0) is 20.8. The van der Waals surface area contributed by atoms with Crippen LogP contribution in [-0.2, 0) is 19.8 Å². The van der Waals surface area contributed by atoms with E-state index in [-0.39, 0.29) is 35.3 Å². The number of amides is 3. The van der Waals surface area contributed by atoms with Crippen molar-refractivity contribution in [2.24, 2.45) is 5.92 Å². The molecule has 144 valence electrons. The lowest BCUT2D eigenvalue weighted by Gasteiger charge is -2.35. The lowest BCUT2D eigenvalue weighted by atomic mass is 9.71. The van der Waals surface area contributed by atoms with Crippen molar-refractivity contribution >= 4 is 42.2 Å². The molecule has 2 heterocycles. The van der Waals surface area contributed by atoms with Crippen molar-refractivity contribution in [2.45, 2.75) is 39.1 Å². The molecule has 3 amide bonds. The number of imide groups is 1. The molecule has 1 saturated heterocycles. The van der Waals surface area contributed by atoms with Crippen molar-refractivity contribution in [2.75, 3.05) is 5.32 Å². The van der Waals surface area contributed by atoms with Crippen molar-refractivity contribution < 1.29 is 18.8 Å². The number of carbonyl (C=O) groups excluding carboxylic acids is 3. The van der Waals surface area contributed by atoms with Crippen molar-refractivity contribution in [1.82, 2.24) is 14.9 Å². The molecule has 2 radical (unpaired) electrons. The quantitative estimate of drug-likeness (QED) is 0.598. The smallest absolute Gasteiger partial charge is 0.263 e. The third-order valence-electron chi connectivity index (χ3n) is 4.67. The summed E-state index contributed by atoms with van der Waals surface area (Å²) in [6, 6.07) is 2.08. The van der Waals surface area contributed by atoms with E-state index in [9.17, 15) is 23.6 Å². The second kappa shape index (κ2) is 6.85. The molecule has 3 rings (SSSR count). The van der Waals surface area contributed by atoms with Gasteiger partial charge in [0.1, 0.15) is 19.5 Å². The highest BCUT2D eigenvalue weighted by atomic mass is 19.1. The molecule has 0 bridgehead atoms. The zero-order valence-electron chi connectivity index (χ0n) is 15.6. The molecule has 28 heavy (non-hydrogen) atoms.